The predicted octanol–water partition coefficient (Wildman–Crippen LogP) is 9.16. The normalized spacial score (nSPS) is 20.2. The first-order valence-electron chi connectivity index (χ1n) is 14.3. The van der Waals surface area contributed by atoms with Gasteiger partial charge in [-0.1, -0.05) is 54.4 Å². The zero-order chi connectivity index (χ0) is 32.0. The van der Waals surface area contributed by atoms with E-state index in [4.69, 9.17) is 38.7 Å². The van der Waals surface area contributed by atoms with Crippen molar-refractivity contribution in [3.8, 4) is 5.75 Å². The number of nitrogens with one attached hydrogen (secondary N) is 1. The second-order valence-electron chi connectivity index (χ2n) is 10.4. The van der Waals surface area contributed by atoms with Crippen molar-refractivity contribution in [2.75, 3.05) is 26.2 Å². The molecule has 5 rings (SSSR count). The molecule has 2 heterocycles. The van der Waals surface area contributed by atoms with Gasteiger partial charge in [-0.05, 0) is 92.5 Å². The standard InChI is InChI=1S/C25H19Cl2F3N2O3.C7H15N2/c1-2-35-20-13-16(25(28,29)30)7-12-19(20)23-31-21(14-3-8-17(26)9-4-14)22(32(23)24(33)34)15-5-10-18(27)11-6-15;1-2-9-5-3-4-7(9)6-8/h3-13,21-22H,2H2,1H3,(H,33,34);7-8H,2-6H2,1H3/q;-1. The average Bonchev–Trinajstić information content (AvgIpc) is 3.63. The van der Waals surface area contributed by atoms with Gasteiger partial charge in [0, 0.05) is 10.0 Å². The van der Waals surface area contributed by atoms with Crippen LogP contribution in [0.25, 0.3) is 5.73 Å². The number of carbonyl (C=O) groups is 1. The van der Waals surface area contributed by atoms with Gasteiger partial charge < -0.3 is 20.5 Å². The fourth-order valence-corrected chi connectivity index (χ4v) is 5.81. The van der Waals surface area contributed by atoms with Crippen LogP contribution in [0.15, 0.2) is 71.7 Å². The molecule has 1 amide bonds. The number of hydrogen-bond acceptors (Lipinski definition) is 4. The zero-order valence-electron chi connectivity index (χ0n) is 24.3. The monoisotopic (exact) mass is 649 g/mol. The lowest BCUT2D eigenvalue weighted by atomic mass is 9.94. The highest BCUT2D eigenvalue weighted by atomic mass is 35.5. The lowest BCUT2D eigenvalue weighted by molar-refractivity contribution is -0.137. The van der Waals surface area contributed by atoms with Crippen LogP contribution in [0.4, 0.5) is 18.0 Å². The molecule has 0 spiro atoms. The fourth-order valence-electron chi connectivity index (χ4n) is 5.56. The molecule has 236 valence electrons. The van der Waals surface area contributed by atoms with Crippen LogP contribution in [0.5, 0.6) is 5.75 Å². The number of likely N-dealkylation sites (N-methyl/N-ethyl adjacent to an activating group) is 1. The maximum absolute atomic E-state index is 13.3. The van der Waals surface area contributed by atoms with Gasteiger partial charge in [0.1, 0.15) is 17.6 Å². The van der Waals surface area contributed by atoms with Gasteiger partial charge in [-0.25, -0.2) is 4.79 Å². The second kappa shape index (κ2) is 14.6. The summed E-state index contributed by atoms with van der Waals surface area (Å²) in [5, 5.41) is 11.2. The highest BCUT2D eigenvalue weighted by Crippen LogP contribution is 2.45. The number of halogens is 5. The first kappa shape index (κ1) is 33.6. The van der Waals surface area contributed by atoms with Crippen LogP contribution < -0.4 is 4.74 Å². The van der Waals surface area contributed by atoms with Gasteiger partial charge in [0.2, 0.25) is 0 Å². The van der Waals surface area contributed by atoms with E-state index in [1.165, 1.54) is 25.5 Å². The minimum absolute atomic E-state index is 0.0189. The number of benzene rings is 3. The molecule has 2 aliphatic heterocycles. The van der Waals surface area contributed by atoms with Crippen LogP contribution >= 0.6 is 23.2 Å². The van der Waals surface area contributed by atoms with Crippen LogP contribution in [-0.2, 0) is 6.18 Å². The van der Waals surface area contributed by atoms with Crippen LogP contribution in [-0.4, -0.2) is 59.1 Å². The smallest absolute Gasteiger partial charge is 0.416 e. The van der Waals surface area contributed by atoms with E-state index in [9.17, 15) is 23.1 Å². The summed E-state index contributed by atoms with van der Waals surface area (Å²) < 4.78 is 45.5. The van der Waals surface area contributed by atoms with Crippen molar-refractivity contribution in [1.82, 2.24) is 9.80 Å². The van der Waals surface area contributed by atoms with Crippen molar-refractivity contribution in [3.63, 3.8) is 0 Å². The number of likely N-dealkylation sites (tertiary alicyclic amines) is 1. The number of aliphatic imine (C=N–C) groups is 1. The Labute approximate surface area is 265 Å². The lowest BCUT2D eigenvalue weighted by Crippen LogP contribution is -2.37. The Bertz CT molecular complexity index is 1440. The summed E-state index contributed by atoms with van der Waals surface area (Å²) in [5.74, 6) is -0.131. The van der Waals surface area contributed by atoms with Crippen LogP contribution in [0.3, 0.4) is 0 Å². The van der Waals surface area contributed by atoms with Gasteiger partial charge in [0.15, 0.2) is 0 Å². The Kier molecular flexibility index (Phi) is 11.2. The van der Waals surface area contributed by atoms with Crippen molar-refractivity contribution >= 4 is 35.1 Å². The molecule has 7 nitrogen and oxygen atoms in total. The summed E-state index contributed by atoms with van der Waals surface area (Å²) >= 11 is 12.1. The number of ether oxygens (including phenoxy) is 1. The van der Waals surface area contributed by atoms with Crippen molar-refractivity contribution in [1.29, 1.82) is 0 Å². The molecule has 1 saturated heterocycles. The average molecular weight is 651 g/mol. The highest BCUT2D eigenvalue weighted by Gasteiger charge is 2.43. The van der Waals surface area contributed by atoms with Gasteiger partial charge in [-0.2, -0.15) is 13.2 Å². The molecule has 0 aliphatic carbocycles. The largest absolute Gasteiger partial charge is 0.676 e. The van der Waals surface area contributed by atoms with E-state index in [-0.39, 0.29) is 23.8 Å². The first-order valence-corrected chi connectivity index (χ1v) is 15.1. The zero-order valence-corrected chi connectivity index (χ0v) is 25.8. The molecular formula is C32H34Cl2F3N4O3-. The van der Waals surface area contributed by atoms with E-state index in [0.717, 1.165) is 23.6 Å². The Morgan fingerprint density at radius 1 is 1.02 bits per heavy atom. The summed E-state index contributed by atoms with van der Waals surface area (Å²) in [6.45, 7) is 6.82. The number of amidine groups is 1. The van der Waals surface area contributed by atoms with E-state index in [2.05, 4.69) is 11.8 Å². The van der Waals surface area contributed by atoms with Gasteiger partial charge in [-0.15, -0.1) is 6.54 Å². The van der Waals surface area contributed by atoms with Crippen molar-refractivity contribution in [3.05, 3.63) is 105 Å². The maximum atomic E-state index is 13.3. The molecule has 3 unspecified atom stereocenters. The topological polar surface area (TPSA) is 89.2 Å². The minimum Gasteiger partial charge on any atom is -0.676 e. The van der Waals surface area contributed by atoms with Gasteiger partial charge in [-0.3, -0.25) is 9.89 Å². The van der Waals surface area contributed by atoms with Crippen LogP contribution in [0, 0.1) is 0 Å². The lowest BCUT2D eigenvalue weighted by Gasteiger charge is -2.27. The summed E-state index contributed by atoms with van der Waals surface area (Å²) in [4.78, 5) is 20.7. The van der Waals surface area contributed by atoms with Crippen molar-refractivity contribution in [2.45, 2.75) is 51.0 Å². The van der Waals surface area contributed by atoms with Gasteiger partial charge in [0.05, 0.1) is 23.8 Å². The van der Waals surface area contributed by atoms with Crippen LogP contribution in [0.2, 0.25) is 10.0 Å². The summed E-state index contributed by atoms with van der Waals surface area (Å²) in [6.07, 6.45) is -3.36. The number of alkyl halides is 3. The van der Waals surface area contributed by atoms with Crippen molar-refractivity contribution < 1.29 is 27.8 Å². The predicted molar refractivity (Wildman–Crippen MR) is 167 cm³/mol. The molecular weight excluding hydrogens is 616 g/mol. The molecule has 0 radical (unpaired) electrons. The molecule has 12 heteroatoms. The summed E-state index contributed by atoms with van der Waals surface area (Å²) in [5.41, 5.74) is 7.71. The Morgan fingerprint density at radius 3 is 2.14 bits per heavy atom. The van der Waals surface area contributed by atoms with Crippen molar-refractivity contribution in [2.24, 2.45) is 4.99 Å². The Balaban J connectivity index is 0.000000421. The SMILES string of the molecule is CCN1CCCC1C[NH-].CCOc1cc(C(F)(F)F)ccc1C1=NC(c2ccc(Cl)cc2)C(c2ccc(Cl)cc2)N1C(=O)O. The highest BCUT2D eigenvalue weighted by molar-refractivity contribution is 6.30. The second-order valence-corrected chi connectivity index (χ2v) is 11.2. The Hall–Kier alpha value is -3.31. The molecule has 0 aromatic heterocycles. The molecule has 2 aliphatic rings. The molecule has 44 heavy (non-hydrogen) atoms. The quantitative estimate of drug-likeness (QED) is 0.276. The fraction of sp³-hybridized carbons (Fsp3) is 0.375. The number of rotatable bonds is 7. The number of hydrogen-bond donors (Lipinski definition) is 1. The maximum Gasteiger partial charge on any atom is 0.416 e. The van der Waals surface area contributed by atoms with E-state index >= 15 is 0 Å². The molecule has 1 fully saturated rings. The minimum atomic E-state index is -4.59. The van der Waals surface area contributed by atoms with Gasteiger partial charge in [0.25, 0.3) is 0 Å². The van der Waals surface area contributed by atoms with E-state index in [1.807, 2.05) is 0 Å². The van der Waals surface area contributed by atoms with Crippen LogP contribution in [0.1, 0.15) is 61.0 Å². The van der Waals surface area contributed by atoms with E-state index in [0.29, 0.717) is 33.8 Å². The molecule has 2 N–H and O–H groups in total. The van der Waals surface area contributed by atoms with E-state index in [1.54, 1.807) is 55.5 Å². The molecule has 3 aromatic carbocycles. The number of amides is 1. The van der Waals surface area contributed by atoms with Gasteiger partial charge >= 0.3 is 12.3 Å². The third-order valence-electron chi connectivity index (χ3n) is 7.69. The van der Waals surface area contributed by atoms with E-state index < -0.39 is 29.9 Å². The molecule has 0 bridgehead atoms. The number of nitrogens with zero attached hydrogens (tertiary/aromatic N) is 3. The number of carboxylic acid groups (broad SMARTS) is 1. The molecule has 0 saturated carbocycles. The molecule has 3 atom stereocenters. The Morgan fingerprint density at radius 2 is 1.64 bits per heavy atom. The third kappa shape index (κ3) is 7.66. The third-order valence-corrected chi connectivity index (χ3v) is 8.19. The summed E-state index contributed by atoms with van der Waals surface area (Å²) in [6, 6.07) is 15.5. The first-order chi connectivity index (χ1) is 21.0. The molecule has 3 aromatic rings. The summed E-state index contributed by atoms with van der Waals surface area (Å²) in [7, 11) is 0.